The number of hydrogen-bond donors (Lipinski definition) is 2. The first-order valence-corrected chi connectivity index (χ1v) is 9.64. The molecular weight excluding hydrogens is 328 g/mol. The summed E-state index contributed by atoms with van der Waals surface area (Å²) in [6, 6.07) is 7.78. The van der Waals surface area contributed by atoms with E-state index in [1.165, 1.54) is 4.68 Å². The van der Waals surface area contributed by atoms with Crippen molar-refractivity contribution >= 4 is 16.7 Å². The smallest absolute Gasteiger partial charge is 0.274 e. The number of carbonyl (C=O) groups excluding carboxylic acids is 1. The van der Waals surface area contributed by atoms with Gasteiger partial charge >= 0.3 is 0 Å². The number of carbonyl (C=O) groups is 1. The van der Waals surface area contributed by atoms with E-state index in [9.17, 15) is 9.59 Å². The molecule has 2 atom stereocenters. The number of nitrogens with one attached hydrogen (secondary N) is 2. The number of rotatable bonds is 6. The summed E-state index contributed by atoms with van der Waals surface area (Å²) in [5.41, 5.74) is 0.228. The van der Waals surface area contributed by atoms with E-state index in [0.29, 0.717) is 29.1 Å². The molecular formula is C20H28N4O2. The predicted molar refractivity (Wildman–Crippen MR) is 103 cm³/mol. The van der Waals surface area contributed by atoms with Crippen LogP contribution in [0, 0.1) is 0 Å². The van der Waals surface area contributed by atoms with Crippen molar-refractivity contribution in [3.63, 3.8) is 0 Å². The summed E-state index contributed by atoms with van der Waals surface area (Å²) in [5, 5.41) is 12.1. The Morgan fingerprint density at radius 3 is 2.81 bits per heavy atom. The van der Waals surface area contributed by atoms with Crippen LogP contribution in [0.4, 0.5) is 0 Å². The SMILES string of the molecule is CCCCCn1nc(C(=O)NC2CCNC(C)C2)c2ccccc2c1=O. The third-order valence-electron chi connectivity index (χ3n) is 5.02. The monoisotopic (exact) mass is 356 g/mol. The van der Waals surface area contributed by atoms with Crippen LogP contribution in [0.1, 0.15) is 56.4 Å². The van der Waals surface area contributed by atoms with Crippen molar-refractivity contribution in [2.45, 2.75) is 64.6 Å². The van der Waals surface area contributed by atoms with E-state index in [0.717, 1.165) is 38.6 Å². The topological polar surface area (TPSA) is 76.0 Å². The molecule has 2 unspecified atom stereocenters. The van der Waals surface area contributed by atoms with Crippen molar-refractivity contribution in [2.75, 3.05) is 6.54 Å². The Morgan fingerprint density at radius 2 is 2.08 bits per heavy atom. The number of fused-ring (bicyclic) bond motifs is 1. The second kappa shape index (κ2) is 8.45. The van der Waals surface area contributed by atoms with Crippen molar-refractivity contribution in [3.8, 4) is 0 Å². The first-order valence-electron chi connectivity index (χ1n) is 9.64. The summed E-state index contributed by atoms with van der Waals surface area (Å²) in [5.74, 6) is -0.190. The second-order valence-corrected chi connectivity index (χ2v) is 7.18. The maximum atomic E-state index is 12.9. The van der Waals surface area contributed by atoms with Gasteiger partial charge in [0.25, 0.3) is 11.5 Å². The summed E-state index contributed by atoms with van der Waals surface area (Å²) < 4.78 is 1.46. The van der Waals surface area contributed by atoms with Gasteiger partial charge in [0.05, 0.1) is 5.39 Å². The Labute approximate surface area is 154 Å². The molecule has 1 amide bonds. The highest BCUT2D eigenvalue weighted by molar-refractivity contribution is 6.04. The van der Waals surface area contributed by atoms with E-state index in [-0.39, 0.29) is 17.5 Å². The molecule has 0 saturated carbocycles. The molecule has 140 valence electrons. The molecule has 26 heavy (non-hydrogen) atoms. The number of piperidine rings is 1. The highest BCUT2D eigenvalue weighted by Gasteiger charge is 2.23. The zero-order valence-electron chi connectivity index (χ0n) is 15.6. The van der Waals surface area contributed by atoms with Crippen LogP contribution in [-0.4, -0.2) is 34.3 Å². The Balaban J connectivity index is 1.91. The minimum absolute atomic E-state index is 0.122. The van der Waals surface area contributed by atoms with Gasteiger partial charge in [0.2, 0.25) is 0 Å². The van der Waals surface area contributed by atoms with Gasteiger partial charge in [-0.15, -0.1) is 0 Å². The highest BCUT2D eigenvalue weighted by atomic mass is 16.2. The van der Waals surface area contributed by atoms with Crippen molar-refractivity contribution in [1.82, 2.24) is 20.4 Å². The van der Waals surface area contributed by atoms with E-state index >= 15 is 0 Å². The van der Waals surface area contributed by atoms with Gasteiger partial charge in [-0.25, -0.2) is 4.68 Å². The fourth-order valence-corrected chi connectivity index (χ4v) is 3.58. The van der Waals surface area contributed by atoms with E-state index < -0.39 is 0 Å². The molecule has 1 aliphatic heterocycles. The first kappa shape index (κ1) is 18.6. The van der Waals surface area contributed by atoms with Gasteiger partial charge in [0.1, 0.15) is 0 Å². The predicted octanol–water partition coefficient (Wildman–Crippen LogP) is 2.46. The van der Waals surface area contributed by atoms with Crippen LogP contribution in [-0.2, 0) is 6.54 Å². The van der Waals surface area contributed by atoms with Gasteiger partial charge in [0.15, 0.2) is 5.69 Å². The van der Waals surface area contributed by atoms with Crippen molar-refractivity contribution in [2.24, 2.45) is 0 Å². The molecule has 1 aromatic heterocycles. The zero-order valence-corrected chi connectivity index (χ0v) is 15.6. The molecule has 0 aliphatic carbocycles. The Kier molecular flexibility index (Phi) is 6.04. The molecule has 2 N–H and O–H groups in total. The fraction of sp³-hybridized carbons (Fsp3) is 0.550. The van der Waals surface area contributed by atoms with Gasteiger partial charge in [-0.1, -0.05) is 38.0 Å². The molecule has 1 aliphatic rings. The van der Waals surface area contributed by atoms with Crippen LogP contribution in [0.25, 0.3) is 10.8 Å². The van der Waals surface area contributed by atoms with Crippen molar-refractivity contribution in [3.05, 3.63) is 40.3 Å². The van der Waals surface area contributed by atoms with Crippen LogP contribution in [0.15, 0.2) is 29.1 Å². The Bertz CT molecular complexity index is 830. The maximum absolute atomic E-state index is 12.9. The molecule has 0 bridgehead atoms. The van der Waals surface area contributed by atoms with E-state index in [1.54, 1.807) is 12.1 Å². The zero-order chi connectivity index (χ0) is 18.5. The fourth-order valence-electron chi connectivity index (χ4n) is 3.58. The lowest BCUT2D eigenvalue weighted by atomic mass is 10.0. The quantitative estimate of drug-likeness (QED) is 0.780. The molecule has 0 radical (unpaired) electrons. The molecule has 0 spiro atoms. The Hall–Kier alpha value is -2.21. The van der Waals surface area contributed by atoms with Gasteiger partial charge < -0.3 is 10.6 Å². The third kappa shape index (κ3) is 4.12. The lowest BCUT2D eigenvalue weighted by molar-refractivity contribution is 0.0920. The van der Waals surface area contributed by atoms with Crippen LogP contribution in [0.3, 0.4) is 0 Å². The lowest BCUT2D eigenvalue weighted by Gasteiger charge is -2.28. The van der Waals surface area contributed by atoms with E-state index in [1.807, 2.05) is 12.1 Å². The number of unbranched alkanes of at least 4 members (excludes halogenated alkanes) is 2. The summed E-state index contributed by atoms with van der Waals surface area (Å²) in [4.78, 5) is 25.6. The molecule has 6 heteroatoms. The van der Waals surface area contributed by atoms with E-state index in [4.69, 9.17) is 0 Å². The average Bonchev–Trinajstić information content (AvgIpc) is 2.64. The molecule has 1 saturated heterocycles. The largest absolute Gasteiger partial charge is 0.348 e. The lowest BCUT2D eigenvalue weighted by Crippen LogP contribution is -2.47. The summed E-state index contributed by atoms with van der Waals surface area (Å²) in [6.07, 6.45) is 4.80. The van der Waals surface area contributed by atoms with Crippen LogP contribution < -0.4 is 16.2 Å². The van der Waals surface area contributed by atoms with Crippen molar-refractivity contribution in [1.29, 1.82) is 0 Å². The van der Waals surface area contributed by atoms with Crippen LogP contribution >= 0.6 is 0 Å². The summed E-state index contributed by atoms with van der Waals surface area (Å²) in [7, 11) is 0. The van der Waals surface area contributed by atoms with Crippen molar-refractivity contribution < 1.29 is 4.79 Å². The van der Waals surface area contributed by atoms with Gasteiger partial charge in [0, 0.05) is 24.0 Å². The number of hydrogen-bond acceptors (Lipinski definition) is 4. The molecule has 1 aromatic carbocycles. The average molecular weight is 356 g/mol. The van der Waals surface area contributed by atoms with Gasteiger partial charge in [-0.2, -0.15) is 5.10 Å². The number of nitrogens with zero attached hydrogens (tertiary/aromatic N) is 2. The van der Waals surface area contributed by atoms with Gasteiger partial charge in [-0.3, -0.25) is 9.59 Å². The Morgan fingerprint density at radius 1 is 1.31 bits per heavy atom. The number of aryl methyl sites for hydroxylation is 1. The molecule has 2 aromatic rings. The molecule has 1 fully saturated rings. The minimum atomic E-state index is -0.190. The molecule has 2 heterocycles. The summed E-state index contributed by atoms with van der Waals surface area (Å²) in [6.45, 7) is 5.69. The van der Waals surface area contributed by atoms with Crippen LogP contribution in [0.5, 0.6) is 0 Å². The third-order valence-corrected chi connectivity index (χ3v) is 5.02. The number of aromatic nitrogens is 2. The maximum Gasteiger partial charge on any atom is 0.274 e. The highest BCUT2D eigenvalue weighted by Crippen LogP contribution is 2.15. The first-order chi connectivity index (χ1) is 12.6. The molecule has 3 rings (SSSR count). The summed E-state index contributed by atoms with van der Waals surface area (Å²) >= 11 is 0. The van der Waals surface area contributed by atoms with Gasteiger partial charge in [-0.05, 0) is 38.8 Å². The molecule has 6 nitrogen and oxygen atoms in total. The minimum Gasteiger partial charge on any atom is -0.348 e. The second-order valence-electron chi connectivity index (χ2n) is 7.18. The number of benzene rings is 1. The standard InChI is InChI=1S/C20H28N4O2/c1-3-4-7-12-24-20(26)17-9-6-5-8-16(17)18(23-24)19(25)22-15-10-11-21-14(2)13-15/h5-6,8-9,14-15,21H,3-4,7,10-13H2,1-2H3,(H,22,25). The normalized spacial score (nSPS) is 20.2. The number of amides is 1. The van der Waals surface area contributed by atoms with E-state index in [2.05, 4.69) is 29.6 Å². The van der Waals surface area contributed by atoms with Crippen LogP contribution in [0.2, 0.25) is 0 Å².